The van der Waals surface area contributed by atoms with E-state index in [0.717, 1.165) is 15.2 Å². The van der Waals surface area contributed by atoms with Gasteiger partial charge in [0, 0.05) is 25.8 Å². The van der Waals surface area contributed by atoms with Gasteiger partial charge in [-0.05, 0) is 18.1 Å². The minimum absolute atomic E-state index is 0.0191. The number of para-hydroxylation sites is 1. The van der Waals surface area contributed by atoms with Gasteiger partial charge in [0.25, 0.3) is 0 Å². The number of carboxylic acids is 1. The molecule has 0 bridgehead atoms. The molecule has 0 aliphatic heterocycles. The first kappa shape index (κ1) is 15.4. The molecule has 0 saturated carbocycles. The molecule has 1 amide bonds. The SMILES string of the molecule is CC(CC(=O)O)CC(=O)NCCc1nc2ccccc2s1. The molecule has 112 valence electrons. The van der Waals surface area contributed by atoms with Crippen LogP contribution in [0, 0.1) is 5.92 Å². The lowest BCUT2D eigenvalue weighted by atomic mass is 10.0. The maximum atomic E-state index is 11.7. The van der Waals surface area contributed by atoms with Crippen molar-refractivity contribution in [3.63, 3.8) is 0 Å². The van der Waals surface area contributed by atoms with Crippen LogP contribution in [-0.4, -0.2) is 28.5 Å². The van der Waals surface area contributed by atoms with Crippen LogP contribution in [0.5, 0.6) is 0 Å². The third-order valence-electron chi connectivity index (χ3n) is 3.06. The van der Waals surface area contributed by atoms with Gasteiger partial charge in [-0.25, -0.2) is 4.98 Å². The first-order valence-corrected chi connectivity index (χ1v) is 7.69. The minimum atomic E-state index is -0.871. The van der Waals surface area contributed by atoms with Crippen molar-refractivity contribution < 1.29 is 14.7 Å². The summed E-state index contributed by atoms with van der Waals surface area (Å²) in [6.45, 7) is 2.29. The molecule has 0 aliphatic carbocycles. The van der Waals surface area contributed by atoms with E-state index in [4.69, 9.17) is 5.11 Å². The highest BCUT2D eigenvalue weighted by Crippen LogP contribution is 2.21. The number of nitrogens with one attached hydrogen (secondary N) is 1. The van der Waals surface area contributed by atoms with Crippen LogP contribution in [0.3, 0.4) is 0 Å². The van der Waals surface area contributed by atoms with Crippen LogP contribution in [-0.2, 0) is 16.0 Å². The second kappa shape index (κ2) is 7.17. The van der Waals surface area contributed by atoms with Gasteiger partial charge in [-0.15, -0.1) is 11.3 Å². The van der Waals surface area contributed by atoms with Crippen molar-refractivity contribution >= 4 is 33.4 Å². The van der Waals surface area contributed by atoms with Crippen LogP contribution in [0.25, 0.3) is 10.2 Å². The lowest BCUT2D eigenvalue weighted by Gasteiger charge is -2.08. The zero-order valence-corrected chi connectivity index (χ0v) is 12.7. The summed E-state index contributed by atoms with van der Waals surface area (Å²) >= 11 is 1.63. The summed E-state index contributed by atoms with van der Waals surface area (Å²) in [4.78, 5) is 26.7. The van der Waals surface area contributed by atoms with Crippen molar-refractivity contribution in [2.45, 2.75) is 26.2 Å². The highest BCUT2D eigenvalue weighted by molar-refractivity contribution is 7.18. The van der Waals surface area contributed by atoms with Gasteiger partial charge in [0.2, 0.25) is 5.91 Å². The number of hydrogen-bond donors (Lipinski definition) is 2. The Bertz CT molecular complexity index is 606. The van der Waals surface area contributed by atoms with E-state index in [1.165, 1.54) is 0 Å². The summed E-state index contributed by atoms with van der Waals surface area (Å²) < 4.78 is 1.15. The molecule has 1 aromatic heterocycles. The van der Waals surface area contributed by atoms with Crippen LogP contribution >= 0.6 is 11.3 Å². The van der Waals surface area contributed by atoms with Crippen molar-refractivity contribution in [3.8, 4) is 0 Å². The average Bonchev–Trinajstić information content (AvgIpc) is 2.79. The molecule has 6 heteroatoms. The normalized spacial score (nSPS) is 12.2. The first-order chi connectivity index (χ1) is 10.0. The fourth-order valence-electron chi connectivity index (χ4n) is 2.09. The number of amides is 1. The molecule has 2 rings (SSSR count). The molecule has 0 saturated heterocycles. The molecule has 21 heavy (non-hydrogen) atoms. The Morgan fingerprint density at radius 2 is 2.10 bits per heavy atom. The fourth-order valence-corrected chi connectivity index (χ4v) is 3.06. The lowest BCUT2D eigenvalue weighted by molar-refractivity contribution is -0.138. The topological polar surface area (TPSA) is 79.3 Å². The monoisotopic (exact) mass is 306 g/mol. The number of carboxylic acid groups (broad SMARTS) is 1. The number of carbonyl (C=O) groups excluding carboxylic acids is 1. The van der Waals surface area contributed by atoms with Gasteiger partial charge in [0.15, 0.2) is 0 Å². The van der Waals surface area contributed by atoms with Gasteiger partial charge in [-0.1, -0.05) is 19.1 Å². The summed E-state index contributed by atoms with van der Waals surface area (Å²) in [6, 6.07) is 7.94. The quantitative estimate of drug-likeness (QED) is 0.823. The average molecular weight is 306 g/mol. The largest absolute Gasteiger partial charge is 0.481 e. The molecule has 2 N–H and O–H groups in total. The molecule has 0 aliphatic rings. The third-order valence-corrected chi connectivity index (χ3v) is 4.15. The standard InChI is InChI=1S/C15H18N2O3S/c1-10(9-15(19)20)8-13(18)16-7-6-14-17-11-4-2-3-5-12(11)21-14/h2-5,10H,6-9H2,1H3,(H,16,18)(H,19,20). The second-order valence-corrected chi connectivity index (χ2v) is 6.20. The molecule has 1 unspecified atom stereocenters. The maximum Gasteiger partial charge on any atom is 0.303 e. The summed E-state index contributed by atoms with van der Waals surface area (Å²) in [5.74, 6) is -1.13. The number of aliphatic carboxylic acids is 1. The number of hydrogen-bond acceptors (Lipinski definition) is 4. The molecule has 1 aromatic carbocycles. The number of benzene rings is 1. The Morgan fingerprint density at radius 3 is 2.81 bits per heavy atom. The Labute approximate surface area is 127 Å². The van der Waals surface area contributed by atoms with Gasteiger partial charge < -0.3 is 10.4 Å². The predicted octanol–water partition coefficient (Wildman–Crippen LogP) is 2.46. The molecule has 2 aromatic rings. The zero-order chi connectivity index (χ0) is 15.2. The smallest absolute Gasteiger partial charge is 0.303 e. The van der Waals surface area contributed by atoms with E-state index in [9.17, 15) is 9.59 Å². The van der Waals surface area contributed by atoms with Crippen molar-refractivity contribution in [1.29, 1.82) is 0 Å². The van der Waals surface area contributed by atoms with E-state index >= 15 is 0 Å². The Kier molecular flexibility index (Phi) is 5.27. The van der Waals surface area contributed by atoms with Crippen molar-refractivity contribution in [2.24, 2.45) is 5.92 Å². The highest BCUT2D eigenvalue weighted by atomic mass is 32.1. The summed E-state index contributed by atoms with van der Waals surface area (Å²) in [5, 5.41) is 12.5. The minimum Gasteiger partial charge on any atom is -0.481 e. The van der Waals surface area contributed by atoms with Gasteiger partial charge in [-0.2, -0.15) is 0 Å². The molecule has 1 atom stereocenters. The maximum absolute atomic E-state index is 11.7. The van der Waals surface area contributed by atoms with E-state index in [2.05, 4.69) is 10.3 Å². The van der Waals surface area contributed by atoms with E-state index in [1.54, 1.807) is 18.3 Å². The van der Waals surface area contributed by atoms with E-state index < -0.39 is 5.97 Å². The number of rotatable bonds is 7. The van der Waals surface area contributed by atoms with E-state index in [1.807, 2.05) is 24.3 Å². The van der Waals surface area contributed by atoms with Crippen LogP contribution in [0.4, 0.5) is 0 Å². The summed E-state index contributed by atoms with van der Waals surface area (Å²) in [5.41, 5.74) is 0.985. The molecule has 0 fully saturated rings. The van der Waals surface area contributed by atoms with Crippen LogP contribution in [0.15, 0.2) is 24.3 Å². The number of nitrogens with zero attached hydrogens (tertiary/aromatic N) is 1. The number of thiazole rings is 1. The predicted molar refractivity (Wildman–Crippen MR) is 82.4 cm³/mol. The highest BCUT2D eigenvalue weighted by Gasteiger charge is 2.12. The zero-order valence-electron chi connectivity index (χ0n) is 11.8. The third kappa shape index (κ3) is 4.82. The molecule has 0 spiro atoms. The molecular formula is C15H18N2O3S. The lowest BCUT2D eigenvalue weighted by Crippen LogP contribution is -2.27. The van der Waals surface area contributed by atoms with Crippen LogP contribution < -0.4 is 5.32 Å². The molecule has 0 radical (unpaired) electrons. The number of carbonyl (C=O) groups is 2. The Balaban J connectivity index is 1.76. The van der Waals surface area contributed by atoms with Gasteiger partial charge in [0.1, 0.15) is 0 Å². The first-order valence-electron chi connectivity index (χ1n) is 6.87. The van der Waals surface area contributed by atoms with Crippen LogP contribution in [0.2, 0.25) is 0 Å². The van der Waals surface area contributed by atoms with Gasteiger partial charge >= 0.3 is 5.97 Å². The Morgan fingerprint density at radius 1 is 1.33 bits per heavy atom. The van der Waals surface area contributed by atoms with Crippen LogP contribution in [0.1, 0.15) is 24.8 Å². The van der Waals surface area contributed by atoms with Crippen molar-refractivity contribution in [2.75, 3.05) is 6.54 Å². The second-order valence-electron chi connectivity index (χ2n) is 5.08. The number of fused-ring (bicyclic) bond motifs is 1. The Hall–Kier alpha value is -1.95. The summed E-state index contributed by atoms with van der Waals surface area (Å²) in [7, 11) is 0. The molecular weight excluding hydrogens is 288 g/mol. The fraction of sp³-hybridized carbons (Fsp3) is 0.400. The summed E-state index contributed by atoms with van der Waals surface area (Å²) in [6.07, 6.45) is 0.954. The van der Waals surface area contributed by atoms with Gasteiger partial charge in [-0.3, -0.25) is 9.59 Å². The van der Waals surface area contributed by atoms with Crippen molar-refractivity contribution in [3.05, 3.63) is 29.3 Å². The van der Waals surface area contributed by atoms with E-state index in [0.29, 0.717) is 13.0 Å². The van der Waals surface area contributed by atoms with E-state index in [-0.39, 0.29) is 24.7 Å². The molecule has 5 nitrogen and oxygen atoms in total. The van der Waals surface area contributed by atoms with Crippen molar-refractivity contribution in [1.82, 2.24) is 10.3 Å². The van der Waals surface area contributed by atoms with Gasteiger partial charge in [0.05, 0.1) is 15.2 Å². The number of aromatic nitrogens is 1. The molecule has 1 heterocycles.